The largest absolute Gasteiger partial charge is 0.475 e. The Hall–Kier alpha value is -2.15. The quantitative estimate of drug-likeness (QED) is 0.461. The molecule has 98 valence electrons. The fourth-order valence-electron chi connectivity index (χ4n) is 1.29. The molecule has 1 aromatic rings. The molecule has 0 aliphatic carbocycles. The van der Waals surface area contributed by atoms with Gasteiger partial charge in [0.15, 0.2) is 12.4 Å². The van der Waals surface area contributed by atoms with Crippen LogP contribution in [0, 0.1) is 10.1 Å². The highest BCUT2D eigenvalue weighted by atomic mass is 16.6. The summed E-state index contributed by atoms with van der Waals surface area (Å²) < 4.78 is 9.71. The average molecular weight is 254 g/mol. The molecule has 0 heterocycles. The zero-order chi connectivity index (χ0) is 13.5. The SMILES string of the molecule is CCOC(=O)COc1ccc(CN)cc1[N+](=O)[O-]. The maximum atomic E-state index is 11.1. The van der Waals surface area contributed by atoms with Crippen molar-refractivity contribution in [1.29, 1.82) is 0 Å². The Kier molecular flexibility index (Phi) is 5.06. The summed E-state index contributed by atoms with van der Waals surface area (Å²) in [5, 5.41) is 10.8. The van der Waals surface area contributed by atoms with Crippen LogP contribution in [0.1, 0.15) is 12.5 Å². The molecule has 1 aromatic carbocycles. The topological polar surface area (TPSA) is 105 Å². The molecule has 0 fully saturated rings. The first-order valence-electron chi connectivity index (χ1n) is 5.34. The molecule has 0 amide bonds. The van der Waals surface area contributed by atoms with E-state index in [0.717, 1.165) is 0 Å². The van der Waals surface area contributed by atoms with Crippen molar-refractivity contribution >= 4 is 11.7 Å². The monoisotopic (exact) mass is 254 g/mol. The van der Waals surface area contributed by atoms with E-state index < -0.39 is 10.9 Å². The van der Waals surface area contributed by atoms with Crippen LogP contribution in [-0.4, -0.2) is 24.1 Å². The molecule has 2 N–H and O–H groups in total. The second kappa shape index (κ2) is 6.55. The first-order chi connectivity index (χ1) is 8.58. The van der Waals surface area contributed by atoms with Gasteiger partial charge in [-0.1, -0.05) is 6.07 Å². The fraction of sp³-hybridized carbons (Fsp3) is 0.364. The van der Waals surface area contributed by atoms with E-state index in [0.29, 0.717) is 5.56 Å². The highest BCUT2D eigenvalue weighted by Crippen LogP contribution is 2.27. The smallest absolute Gasteiger partial charge is 0.344 e. The van der Waals surface area contributed by atoms with Crippen molar-refractivity contribution in [1.82, 2.24) is 0 Å². The molecule has 1 rings (SSSR count). The lowest BCUT2D eigenvalue weighted by Crippen LogP contribution is -2.15. The summed E-state index contributed by atoms with van der Waals surface area (Å²) in [6, 6.07) is 4.34. The molecule has 0 spiro atoms. The van der Waals surface area contributed by atoms with E-state index in [1.54, 1.807) is 13.0 Å². The second-order valence-corrected chi connectivity index (χ2v) is 3.36. The normalized spacial score (nSPS) is 9.89. The predicted octanol–water partition coefficient (Wildman–Crippen LogP) is 0.995. The van der Waals surface area contributed by atoms with Crippen molar-refractivity contribution < 1.29 is 19.2 Å². The summed E-state index contributed by atoms with van der Waals surface area (Å²) >= 11 is 0. The van der Waals surface area contributed by atoms with E-state index in [9.17, 15) is 14.9 Å². The van der Waals surface area contributed by atoms with Crippen molar-refractivity contribution in [3.8, 4) is 5.75 Å². The van der Waals surface area contributed by atoms with Gasteiger partial charge in [0.25, 0.3) is 0 Å². The lowest BCUT2D eigenvalue weighted by Gasteiger charge is -2.07. The Morgan fingerprint density at radius 3 is 2.78 bits per heavy atom. The average Bonchev–Trinajstić information content (AvgIpc) is 2.36. The van der Waals surface area contributed by atoms with E-state index in [4.69, 9.17) is 10.5 Å². The van der Waals surface area contributed by atoms with Gasteiger partial charge in [0.05, 0.1) is 11.5 Å². The molecule has 0 aliphatic heterocycles. The summed E-state index contributed by atoms with van der Waals surface area (Å²) in [6.07, 6.45) is 0. The van der Waals surface area contributed by atoms with Gasteiger partial charge in [0, 0.05) is 12.6 Å². The summed E-state index contributed by atoms with van der Waals surface area (Å²) in [5.74, 6) is -0.556. The van der Waals surface area contributed by atoms with Gasteiger partial charge in [-0.2, -0.15) is 0 Å². The molecular formula is C11H14N2O5. The molecule has 18 heavy (non-hydrogen) atoms. The van der Waals surface area contributed by atoms with Gasteiger partial charge >= 0.3 is 11.7 Å². The predicted molar refractivity (Wildman–Crippen MR) is 63.1 cm³/mol. The second-order valence-electron chi connectivity index (χ2n) is 3.36. The summed E-state index contributed by atoms with van der Waals surface area (Å²) in [4.78, 5) is 21.3. The Balaban J connectivity index is 2.81. The molecule has 0 saturated heterocycles. The van der Waals surface area contributed by atoms with E-state index in [2.05, 4.69) is 4.74 Å². The number of hydrogen-bond acceptors (Lipinski definition) is 6. The molecule has 0 aromatic heterocycles. The number of hydrogen-bond donors (Lipinski definition) is 1. The van der Waals surface area contributed by atoms with E-state index in [1.807, 2.05) is 0 Å². The number of esters is 1. The molecule has 0 aliphatic rings. The third-order valence-electron chi connectivity index (χ3n) is 2.11. The van der Waals surface area contributed by atoms with Gasteiger partial charge in [-0.15, -0.1) is 0 Å². The van der Waals surface area contributed by atoms with Gasteiger partial charge in [-0.25, -0.2) is 4.79 Å². The summed E-state index contributed by atoms with van der Waals surface area (Å²) in [7, 11) is 0. The van der Waals surface area contributed by atoms with Crippen LogP contribution in [0.4, 0.5) is 5.69 Å². The summed E-state index contributed by atoms with van der Waals surface area (Å²) in [6.45, 7) is 1.72. The van der Waals surface area contributed by atoms with Crippen LogP contribution in [0.25, 0.3) is 0 Å². The van der Waals surface area contributed by atoms with Crippen LogP contribution in [0.15, 0.2) is 18.2 Å². The first kappa shape index (κ1) is 13.9. The van der Waals surface area contributed by atoms with Crippen LogP contribution in [0.5, 0.6) is 5.75 Å². The molecule has 7 nitrogen and oxygen atoms in total. The number of nitro groups is 1. The van der Waals surface area contributed by atoms with Crippen molar-refractivity contribution in [2.75, 3.05) is 13.2 Å². The third-order valence-corrected chi connectivity index (χ3v) is 2.11. The van der Waals surface area contributed by atoms with Crippen molar-refractivity contribution in [2.45, 2.75) is 13.5 Å². The maximum Gasteiger partial charge on any atom is 0.344 e. The number of carbonyl (C=O) groups is 1. The Morgan fingerprint density at radius 2 is 2.22 bits per heavy atom. The highest BCUT2D eigenvalue weighted by Gasteiger charge is 2.17. The van der Waals surface area contributed by atoms with Gasteiger partial charge in [-0.3, -0.25) is 10.1 Å². The lowest BCUT2D eigenvalue weighted by atomic mass is 10.2. The van der Waals surface area contributed by atoms with E-state index >= 15 is 0 Å². The van der Waals surface area contributed by atoms with Crippen LogP contribution < -0.4 is 10.5 Å². The molecule has 0 radical (unpaired) electrons. The zero-order valence-corrected chi connectivity index (χ0v) is 9.92. The first-order valence-corrected chi connectivity index (χ1v) is 5.34. The number of benzene rings is 1. The number of nitrogens with two attached hydrogens (primary N) is 1. The minimum atomic E-state index is -0.584. The molecule has 7 heteroatoms. The Morgan fingerprint density at radius 1 is 1.50 bits per heavy atom. The van der Waals surface area contributed by atoms with Crippen LogP contribution >= 0.6 is 0 Å². The van der Waals surface area contributed by atoms with Gasteiger partial charge in [0.2, 0.25) is 0 Å². The number of carbonyl (C=O) groups excluding carboxylic acids is 1. The minimum Gasteiger partial charge on any atom is -0.475 e. The van der Waals surface area contributed by atoms with Gasteiger partial charge in [-0.05, 0) is 18.6 Å². The van der Waals surface area contributed by atoms with Crippen molar-refractivity contribution in [2.24, 2.45) is 5.73 Å². The maximum absolute atomic E-state index is 11.1. The van der Waals surface area contributed by atoms with E-state index in [-0.39, 0.29) is 31.2 Å². The highest BCUT2D eigenvalue weighted by molar-refractivity contribution is 5.71. The van der Waals surface area contributed by atoms with Gasteiger partial charge in [0.1, 0.15) is 0 Å². The molecular weight excluding hydrogens is 240 g/mol. The van der Waals surface area contributed by atoms with Gasteiger partial charge < -0.3 is 15.2 Å². The fourth-order valence-corrected chi connectivity index (χ4v) is 1.29. The minimum absolute atomic E-state index is 0.0188. The zero-order valence-electron chi connectivity index (χ0n) is 9.92. The number of rotatable bonds is 6. The van der Waals surface area contributed by atoms with Crippen LogP contribution in [0.2, 0.25) is 0 Å². The molecule has 0 unspecified atom stereocenters. The molecule has 0 atom stereocenters. The number of nitrogens with zero attached hydrogens (tertiary/aromatic N) is 1. The molecule has 0 bridgehead atoms. The van der Waals surface area contributed by atoms with Crippen LogP contribution in [-0.2, 0) is 16.1 Å². The van der Waals surface area contributed by atoms with Crippen LogP contribution in [0.3, 0.4) is 0 Å². The Bertz CT molecular complexity index is 447. The molecule has 0 saturated carbocycles. The Labute approximate surface area is 104 Å². The standard InChI is InChI=1S/C11H14N2O5/c1-2-17-11(14)7-18-10-4-3-8(6-12)5-9(10)13(15)16/h3-5H,2,6-7,12H2,1H3. The lowest BCUT2D eigenvalue weighted by molar-refractivity contribution is -0.385. The number of nitro benzene ring substituents is 1. The van der Waals surface area contributed by atoms with E-state index in [1.165, 1.54) is 12.1 Å². The number of ether oxygens (including phenoxy) is 2. The third kappa shape index (κ3) is 3.70. The van der Waals surface area contributed by atoms with Crippen molar-refractivity contribution in [3.05, 3.63) is 33.9 Å². The van der Waals surface area contributed by atoms with Crippen molar-refractivity contribution in [3.63, 3.8) is 0 Å². The summed E-state index contributed by atoms with van der Waals surface area (Å²) in [5.41, 5.74) is 5.79.